The highest BCUT2D eigenvalue weighted by Gasteiger charge is 1.98. The van der Waals surface area contributed by atoms with Gasteiger partial charge in [0.1, 0.15) is 12.4 Å². The summed E-state index contributed by atoms with van der Waals surface area (Å²) in [6, 6.07) is 18.4. The van der Waals surface area contributed by atoms with Gasteiger partial charge in [-0.3, -0.25) is 0 Å². The van der Waals surface area contributed by atoms with Crippen LogP contribution in [-0.4, -0.2) is 60.0 Å². The van der Waals surface area contributed by atoms with Gasteiger partial charge in [-0.1, -0.05) is 42.5 Å². The molecule has 0 unspecified atom stereocenters. The number of benzene rings is 2. The molecule has 0 heterocycles. The fourth-order valence-corrected chi connectivity index (χ4v) is 2.28. The van der Waals surface area contributed by atoms with Crippen LogP contribution in [0.2, 0.25) is 0 Å². The number of hydrogen-bond acceptors (Lipinski definition) is 5. The van der Waals surface area contributed by atoms with Crippen LogP contribution < -0.4 is 4.74 Å². The van der Waals surface area contributed by atoms with Crippen molar-refractivity contribution in [2.45, 2.75) is 0 Å². The second-order valence-electron chi connectivity index (χ2n) is 5.57. The van der Waals surface area contributed by atoms with Gasteiger partial charge in [-0.2, -0.15) is 0 Å². The molecule has 2 aromatic rings. The number of ether oxygens (including phenoxy) is 5. The molecule has 2 rings (SSSR count). The molecule has 0 amide bonds. The molecule has 0 aliphatic heterocycles. The Morgan fingerprint density at radius 3 is 1.62 bits per heavy atom. The molecule has 0 aliphatic rings. The van der Waals surface area contributed by atoms with Gasteiger partial charge >= 0.3 is 0 Å². The molecule has 0 N–H and O–H groups in total. The van der Waals surface area contributed by atoms with Crippen LogP contribution in [0.1, 0.15) is 0 Å². The number of methoxy groups -OCH3 is 1. The summed E-state index contributed by atoms with van der Waals surface area (Å²) in [4.78, 5) is 0. The van der Waals surface area contributed by atoms with Crippen molar-refractivity contribution in [1.29, 1.82) is 0 Å². The van der Waals surface area contributed by atoms with E-state index >= 15 is 0 Å². The Bertz CT molecular complexity index is 571. The van der Waals surface area contributed by atoms with E-state index in [4.69, 9.17) is 23.7 Å². The van der Waals surface area contributed by atoms with Crippen molar-refractivity contribution < 1.29 is 23.7 Å². The van der Waals surface area contributed by atoms with Crippen molar-refractivity contribution in [3.05, 3.63) is 54.6 Å². The average molecular weight is 360 g/mol. The summed E-state index contributed by atoms with van der Waals surface area (Å²) in [5, 5.41) is 0. The molecule has 5 heteroatoms. The molecule has 26 heavy (non-hydrogen) atoms. The molecule has 0 aromatic heterocycles. The highest BCUT2D eigenvalue weighted by molar-refractivity contribution is 5.63. The van der Waals surface area contributed by atoms with Gasteiger partial charge in [0.2, 0.25) is 0 Å². The van der Waals surface area contributed by atoms with Gasteiger partial charge in [0.05, 0.1) is 46.2 Å². The Morgan fingerprint density at radius 2 is 1.04 bits per heavy atom. The van der Waals surface area contributed by atoms with Crippen molar-refractivity contribution in [3.63, 3.8) is 0 Å². The summed E-state index contributed by atoms with van der Waals surface area (Å²) in [5.74, 6) is 0.845. The highest BCUT2D eigenvalue weighted by Crippen LogP contribution is 2.21. The average Bonchev–Trinajstić information content (AvgIpc) is 2.70. The first-order chi connectivity index (χ1) is 12.9. The second kappa shape index (κ2) is 13.3. The molecule has 2 aromatic carbocycles. The van der Waals surface area contributed by atoms with E-state index in [-0.39, 0.29) is 0 Å². The van der Waals surface area contributed by atoms with E-state index in [1.165, 1.54) is 11.1 Å². The fraction of sp³-hybridized carbons (Fsp3) is 0.429. The van der Waals surface area contributed by atoms with Crippen LogP contribution in [0.15, 0.2) is 54.6 Å². The van der Waals surface area contributed by atoms with Gasteiger partial charge in [-0.05, 0) is 23.3 Å². The Kier molecular flexibility index (Phi) is 10.4. The summed E-state index contributed by atoms with van der Waals surface area (Å²) < 4.78 is 26.7. The Hall–Kier alpha value is -1.92. The SMILES string of the molecule is COCCOCCOCCOCCOc1ccc(-c2ccccc2)cc1. The van der Waals surface area contributed by atoms with Gasteiger partial charge < -0.3 is 23.7 Å². The molecule has 5 nitrogen and oxygen atoms in total. The topological polar surface area (TPSA) is 46.2 Å². The van der Waals surface area contributed by atoms with Crippen LogP contribution in [0.3, 0.4) is 0 Å². The van der Waals surface area contributed by atoms with Crippen LogP contribution in [0.5, 0.6) is 5.75 Å². The van der Waals surface area contributed by atoms with E-state index in [0.29, 0.717) is 52.9 Å². The second-order valence-corrected chi connectivity index (χ2v) is 5.57. The van der Waals surface area contributed by atoms with Crippen molar-refractivity contribution in [3.8, 4) is 16.9 Å². The first-order valence-electron chi connectivity index (χ1n) is 8.90. The summed E-state index contributed by atoms with van der Waals surface area (Å²) in [6.07, 6.45) is 0. The lowest BCUT2D eigenvalue weighted by Gasteiger charge is -2.09. The molecule has 0 aliphatic carbocycles. The molecular formula is C21H28O5. The summed E-state index contributed by atoms with van der Waals surface area (Å²) in [7, 11) is 1.65. The van der Waals surface area contributed by atoms with Crippen LogP contribution in [-0.2, 0) is 18.9 Å². The molecule has 0 spiro atoms. The monoisotopic (exact) mass is 360 g/mol. The predicted octanol–water partition coefficient (Wildman–Crippen LogP) is 3.43. The quantitative estimate of drug-likeness (QED) is 0.483. The van der Waals surface area contributed by atoms with Gasteiger partial charge in [-0.15, -0.1) is 0 Å². The van der Waals surface area contributed by atoms with Gasteiger partial charge in [0, 0.05) is 7.11 Å². The van der Waals surface area contributed by atoms with Gasteiger partial charge in [0.25, 0.3) is 0 Å². The van der Waals surface area contributed by atoms with E-state index in [9.17, 15) is 0 Å². The smallest absolute Gasteiger partial charge is 0.119 e. The lowest BCUT2D eigenvalue weighted by atomic mass is 10.1. The van der Waals surface area contributed by atoms with Crippen LogP contribution in [0.25, 0.3) is 11.1 Å². The molecule has 0 bridgehead atoms. The van der Waals surface area contributed by atoms with Crippen molar-refractivity contribution in [1.82, 2.24) is 0 Å². The third-order valence-corrected chi connectivity index (χ3v) is 3.63. The molecule has 0 fully saturated rings. The van der Waals surface area contributed by atoms with E-state index in [2.05, 4.69) is 24.3 Å². The standard InChI is InChI=1S/C21H28O5/c1-22-11-12-23-13-14-24-15-16-25-17-18-26-21-9-7-20(8-10-21)19-5-3-2-4-6-19/h2-10H,11-18H2,1H3. The molecule has 0 radical (unpaired) electrons. The predicted molar refractivity (Wildman–Crippen MR) is 102 cm³/mol. The zero-order valence-corrected chi connectivity index (χ0v) is 15.4. The van der Waals surface area contributed by atoms with E-state index in [1.54, 1.807) is 7.11 Å². The maximum Gasteiger partial charge on any atom is 0.119 e. The van der Waals surface area contributed by atoms with E-state index in [0.717, 1.165) is 5.75 Å². The number of rotatable bonds is 14. The Balaban J connectivity index is 1.47. The Labute approximate surface area is 155 Å². The van der Waals surface area contributed by atoms with Crippen LogP contribution in [0.4, 0.5) is 0 Å². The van der Waals surface area contributed by atoms with Crippen LogP contribution >= 0.6 is 0 Å². The molecule has 0 atom stereocenters. The number of hydrogen-bond donors (Lipinski definition) is 0. The van der Waals surface area contributed by atoms with Crippen LogP contribution in [0, 0.1) is 0 Å². The van der Waals surface area contributed by atoms with Crippen molar-refractivity contribution in [2.75, 3.05) is 60.0 Å². The minimum Gasteiger partial charge on any atom is -0.491 e. The summed E-state index contributed by atoms with van der Waals surface area (Å²) in [6.45, 7) is 4.51. The lowest BCUT2D eigenvalue weighted by molar-refractivity contribution is 0.000164. The third-order valence-electron chi connectivity index (χ3n) is 3.63. The lowest BCUT2D eigenvalue weighted by Crippen LogP contribution is -2.13. The maximum atomic E-state index is 5.68. The van der Waals surface area contributed by atoms with Gasteiger partial charge in [-0.25, -0.2) is 0 Å². The van der Waals surface area contributed by atoms with Gasteiger partial charge in [0.15, 0.2) is 0 Å². The molecular weight excluding hydrogens is 332 g/mol. The minimum atomic E-state index is 0.519. The fourth-order valence-electron chi connectivity index (χ4n) is 2.28. The summed E-state index contributed by atoms with van der Waals surface area (Å²) >= 11 is 0. The highest BCUT2D eigenvalue weighted by atomic mass is 16.6. The first-order valence-corrected chi connectivity index (χ1v) is 8.90. The zero-order chi connectivity index (χ0) is 18.3. The Morgan fingerprint density at radius 1 is 0.538 bits per heavy atom. The molecule has 142 valence electrons. The van der Waals surface area contributed by atoms with Crippen molar-refractivity contribution >= 4 is 0 Å². The first kappa shape index (κ1) is 20.4. The summed E-state index contributed by atoms with van der Waals surface area (Å²) in [5.41, 5.74) is 2.38. The third kappa shape index (κ3) is 8.45. The van der Waals surface area contributed by atoms with Crippen molar-refractivity contribution in [2.24, 2.45) is 0 Å². The van der Waals surface area contributed by atoms with E-state index in [1.807, 2.05) is 30.3 Å². The molecule has 0 saturated carbocycles. The van der Waals surface area contributed by atoms with E-state index < -0.39 is 0 Å². The maximum absolute atomic E-state index is 5.68. The minimum absolute atomic E-state index is 0.519. The molecule has 0 saturated heterocycles. The largest absolute Gasteiger partial charge is 0.491 e. The normalized spacial score (nSPS) is 10.8. The zero-order valence-electron chi connectivity index (χ0n) is 15.4.